The van der Waals surface area contributed by atoms with Gasteiger partial charge in [-0.25, -0.2) is 9.79 Å². The molecule has 1 aliphatic rings. The maximum atomic E-state index is 14.0. The first-order valence-electron chi connectivity index (χ1n) is 14.0. The molecule has 0 aliphatic carbocycles. The third kappa shape index (κ3) is 7.03. The van der Waals surface area contributed by atoms with Crippen LogP contribution >= 0.6 is 49.9 Å². The van der Waals surface area contributed by atoms with Gasteiger partial charge in [0, 0.05) is 18.3 Å². The number of nitro benzene ring substituents is 1. The van der Waals surface area contributed by atoms with Crippen LogP contribution in [0.3, 0.4) is 0 Å². The van der Waals surface area contributed by atoms with E-state index in [1.54, 1.807) is 36.4 Å². The van der Waals surface area contributed by atoms with Crippen LogP contribution in [0, 0.1) is 13.7 Å². The number of carbonyl (C=O) groups is 1. The van der Waals surface area contributed by atoms with E-state index in [1.165, 1.54) is 41.3 Å². The van der Waals surface area contributed by atoms with Crippen LogP contribution in [0.25, 0.3) is 6.08 Å². The van der Waals surface area contributed by atoms with E-state index >= 15 is 0 Å². The zero-order chi connectivity index (χ0) is 33.0. The summed E-state index contributed by atoms with van der Waals surface area (Å²) in [6.45, 7) is 4.72. The average molecular weight is 820 g/mol. The molecule has 11 nitrogen and oxygen atoms in total. The van der Waals surface area contributed by atoms with Gasteiger partial charge in [0.1, 0.15) is 12.4 Å². The first-order chi connectivity index (χ1) is 22.1. The van der Waals surface area contributed by atoms with Crippen molar-refractivity contribution in [3.63, 3.8) is 0 Å². The number of ether oxygens (including phenoxy) is 4. The molecule has 0 N–H and O–H groups in total. The highest BCUT2D eigenvalue weighted by molar-refractivity contribution is 14.1. The Morgan fingerprint density at radius 3 is 2.57 bits per heavy atom. The molecule has 1 aromatic heterocycles. The summed E-state index contributed by atoms with van der Waals surface area (Å²) in [4.78, 5) is 42.4. The lowest BCUT2D eigenvalue weighted by Crippen LogP contribution is -2.39. The topological polar surface area (TPSA) is 131 Å². The molecule has 3 aromatic carbocycles. The van der Waals surface area contributed by atoms with Crippen molar-refractivity contribution in [1.29, 1.82) is 0 Å². The summed E-state index contributed by atoms with van der Waals surface area (Å²) in [5.74, 6) is 1.02. The average Bonchev–Trinajstić information content (AvgIpc) is 3.35. The number of hydrogen-bond donors (Lipinski definition) is 0. The number of nitro groups is 1. The minimum absolute atomic E-state index is 0.00937. The first-order valence-corrected chi connectivity index (χ1v) is 16.7. The van der Waals surface area contributed by atoms with Gasteiger partial charge >= 0.3 is 5.97 Å². The van der Waals surface area contributed by atoms with Crippen LogP contribution in [-0.2, 0) is 16.1 Å². The summed E-state index contributed by atoms with van der Waals surface area (Å²) in [5, 5.41) is 11.1. The largest absolute Gasteiger partial charge is 0.490 e. The number of benzene rings is 3. The Kier molecular flexibility index (Phi) is 10.6. The van der Waals surface area contributed by atoms with Gasteiger partial charge in [-0.05, 0) is 99.4 Å². The van der Waals surface area contributed by atoms with Gasteiger partial charge in [0.25, 0.3) is 11.2 Å². The van der Waals surface area contributed by atoms with Crippen molar-refractivity contribution in [2.75, 3.05) is 20.3 Å². The number of non-ortho nitro benzene ring substituents is 1. The highest BCUT2D eigenvalue weighted by Gasteiger charge is 2.31. The number of esters is 1. The predicted octanol–water partition coefficient (Wildman–Crippen LogP) is 5.67. The summed E-state index contributed by atoms with van der Waals surface area (Å²) in [6, 6.07) is 14.5. The zero-order valence-corrected chi connectivity index (χ0v) is 29.4. The Morgan fingerprint density at radius 2 is 1.87 bits per heavy atom. The van der Waals surface area contributed by atoms with Crippen molar-refractivity contribution in [1.82, 2.24) is 4.57 Å². The van der Waals surface area contributed by atoms with E-state index < -0.39 is 16.9 Å². The molecular weight excluding hydrogens is 793 g/mol. The van der Waals surface area contributed by atoms with Gasteiger partial charge in [0.15, 0.2) is 16.3 Å². The Labute approximate surface area is 289 Å². The quantitative estimate of drug-likeness (QED) is 0.0820. The molecule has 0 bridgehead atoms. The number of thiazole rings is 1. The second kappa shape index (κ2) is 14.6. The lowest BCUT2D eigenvalue weighted by atomic mass is 9.97. The fourth-order valence-corrected chi connectivity index (χ4v) is 7.59. The van der Waals surface area contributed by atoms with Gasteiger partial charge in [0.05, 0.1) is 49.4 Å². The van der Waals surface area contributed by atoms with Crippen molar-refractivity contribution in [2.24, 2.45) is 4.99 Å². The standard InChI is InChI=1S/C32H27BrIN3O8S/c1-4-43-25-10-9-20(15-26(25)44-5-2)28-22(31(39)42-3)16-35-32-36(28)30(38)27(46-32)14-19-12-23(33)29(24(34)13-19)45-17-18-7-6-8-21(11-18)37(40)41/h6-16,28H,4-5,17H2,1-3H3/b27-14-/t28-/m0/s1. The molecule has 0 radical (unpaired) electrons. The molecule has 0 saturated carbocycles. The Bertz CT molecular complexity index is 2020. The summed E-state index contributed by atoms with van der Waals surface area (Å²) >= 11 is 6.91. The van der Waals surface area contributed by atoms with Crippen LogP contribution in [0.2, 0.25) is 0 Å². The van der Waals surface area contributed by atoms with Gasteiger partial charge in [-0.15, -0.1) is 0 Å². The highest BCUT2D eigenvalue weighted by atomic mass is 127. The van der Waals surface area contributed by atoms with Gasteiger partial charge < -0.3 is 18.9 Å². The Hall–Kier alpha value is -4.02. The number of fused-ring (bicyclic) bond motifs is 1. The number of halogens is 2. The molecule has 0 fully saturated rings. The molecule has 1 aliphatic heterocycles. The minimum atomic E-state index is -0.808. The van der Waals surface area contributed by atoms with E-state index in [1.807, 2.05) is 26.0 Å². The fraction of sp³-hybridized carbons (Fsp3) is 0.219. The van der Waals surface area contributed by atoms with Gasteiger partial charge in [-0.1, -0.05) is 29.5 Å². The van der Waals surface area contributed by atoms with E-state index in [4.69, 9.17) is 18.9 Å². The number of nitrogens with zero attached hydrogens (tertiary/aromatic N) is 3. The maximum absolute atomic E-state index is 14.0. The van der Waals surface area contributed by atoms with E-state index in [-0.39, 0.29) is 23.4 Å². The first kappa shape index (κ1) is 33.3. The molecule has 5 rings (SSSR count). The van der Waals surface area contributed by atoms with Crippen LogP contribution in [0.15, 0.2) is 80.6 Å². The molecule has 14 heteroatoms. The third-order valence-electron chi connectivity index (χ3n) is 6.83. The molecule has 238 valence electrons. The van der Waals surface area contributed by atoms with Crippen LogP contribution in [0.4, 0.5) is 5.69 Å². The van der Waals surface area contributed by atoms with Crippen molar-refractivity contribution < 1.29 is 28.7 Å². The minimum Gasteiger partial charge on any atom is -0.490 e. The van der Waals surface area contributed by atoms with Crippen molar-refractivity contribution in [2.45, 2.75) is 26.5 Å². The summed E-state index contributed by atoms with van der Waals surface area (Å²) < 4.78 is 25.9. The fourth-order valence-electron chi connectivity index (χ4n) is 4.85. The summed E-state index contributed by atoms with van der Waals surface area (Å²) in [7, 11) is 1.28. The molecule has 0 amide bonds. The lowest BCUT2D eigenvalue weighted by molar-refractivity contribution is -0.384. The van der Waals surface area contributed by atoms with Crippen LogP contribution in [0.5, 0.6) is 17.2 Å². The molecule has 4 aromatic rings. The molecule has 0 unspecified atom stereocenters. The van der Waals surface area contributed by atoms with Gasteiger partial charge in [0.2, 0.25) is 0 Å². The molecule has 0 spiro atoms. The van der Waals surface area contributed by atoms with Crippen LogP contribution in [-0.4, -0.2) is 35.8 Å². The Morgan fingerprint density at radius 1 is 1.11 bits per heavy atom. The monoisotopic (exact) mass is 819 g/mol. The van der Waals surface area contributed by atoms with Crippen LogP contribution in [0.1, 0.15) is 36.6 Å². The lowest BCUT2D eigenvalue weighted by Gasteiger charge is -2.23. The Balaban J connectivity index is 1.52. The highest BCUT2D eigenvalue weighted by Crippen LogP contribution is 2.36. The smallest absolute Gasteiger partial charge is 0.337 e. The molecule has 1 atom stereocenters. The SMILES string of the molecule is CCOc1ccc([C@H]2C(C(=O)OC)=CN=c3s/c(=C\c4cc(Br)c(OCc5cccc([N+](=O)[O-])c5)c(I)c4)c(=O)n32)cc1OCC. The predicted molar refractivity (Wildman–Crippen MR) is 184 cm³/mol. The maximum Gasteiger partial charge on any atom is 0.337 e. The van der Waals surface area contributed by atoms with Gasteiger partial charge in [-0.3, -0.25) is 19.5 Å². The number of methoxy groups -OCH3 is 1. The third-order valence-corrected chi connectivity index (χ3v) is 9.22. The second-order valence-electron chi connectivity index (χ2n) is 9.78. The van der Waals surface area contributed by atoms with E-state index in [9.17, 15) is 19.7 Å². The van der Waals surface area contributed by atoms with Crippen molar-refractivity contribution in [3.05, 3.63) is 121 Å². The van der Waals surface area contributed by atoms with E-state index in [0.717, 1.165) is 9.13 Å². The zero-order valence-electron chi connectivity index (χ0n) is 24.8. The summed E-state index contributed by atoms with van der Waals surface area (Å²) in [6.07, 6.45) is 3.19. The van der Waals surface area contributed by atoms with E-state index in [0.29, 0.717) is 55.4 Å². The normalized spacial score (nSPS) is 14.2. The second-order valence-corrected chi connectivity index (χ2v) is 12.8. The van der Waals surface area contributed by atoms with Gasteiger partial charge in [-0.2, -0.15) is 0 Å². The molecule has 46 heavy (non-hydrogen) atoms. The van der Waals surface area contributed by atoms with E-state index in [2.05, 4.69) is 43.5 Å². The number of hydrogen-bond acceptors (Lipinski definition) is 10. The van der Waals surface area contributed by atoms with Crippen LogP contribution < -0.4 is 29.1 Å². The number of aromatic nitrogens is 1. The molecule has 2 heterocycles. The number of carbonyl (C=O) groups excluding carboxylic acids is 1. The number of rotatable bonds is 11. The molecule has 0 saturated heterocycles. The van der Waals surface area contributed by atoms with Crippen molar-refractivity contribution >= 4 is 67.6 Å². The van der Waals surface area contributed by atoms with Crippen molar-refractivity contribution in [3.8, 4) is 17.2 Å². The molecular formula is C32H27BrIN3O8S. The summed E-state index contributed by atoms with van der Waals surface area (Å²) in [5.41, 5.74) is 1.89.